The van der Waals surface area contributed by atoms with Gasteiger partial charge >= 0.3 is 0 Å². The van der Waals surface area contributed by atoms with E-state index in [0.29, 0.717) is 12.1 Å². The number of amides is 1. The van der Waals surface area contributed by atoms with Crippen LogP contribution < -0.4 is 5.32 Å². The summed E-state index contributed by atoms with van der Waals surface area (Å²) in [6.07, 6.45) is 0. The molecule has 0 fully saturated rings. The molecule has 18 heavy (non-hydrogen) atoms. The highest BCUT2D eigenvalue weighted by atomic mass is 127. The highest BCUT2D eigenvalue weighted by molar-refractivity contribution is 14.1. The molecule has 94 valence electrons. The molecule has 0 bridgehead atoms. The number of nitrogens with one attached hydrogen (secondary N) is 1. The molecule has 0 aliphatic heterocycles. The van der Waals surface area contributed by atoms with Crippen molar-refractivity contribution < 1.29 is 4.79 Å². The maximum atomic E-state index is 12.0. The number of thiophene rings is 1. The van der Waals surface area contributed by atoms with Crippen LogP contribution in [0.2, 0.25) is 4.34 Å². The molecule has 2 nitrogen and oxygen atoms in total. The lowest BCUT2D eigenvalue weighted by atomic mass is 10.2. The third-order valence-corrected chi connectivity index (χ3v) is 4.82. The summed E-state index contributed by atoms with van der Waals surface area (Å²) in [6.45, 7) is 0.494. The standard InChI is InChI=1S/C12H8BrClINOS/c13-10-3-1-7(15)5-9(10)12(17)16-6-8-2-4-11(14)18-8/h1-5H,6H2,(H,16,17). The molecular formula is C12H8BrClINOS. The summed E-state index contributed by atoms with van der Waals surface area (Å²) in [5, 5.41) is 2.88. The Bertz CT molecular complexity index is 587. The van der Waals surface area contributed by atoms with Crippen molar-refractivity contribution in [3.8, 4) is 0 Å². The largest absolute Gasteiger partial charge is 0.347 e. The van der Waals surface area contributed by atoms with Gasteiger partial charge in [-0.15, -0.1) is 11.3 Å². The number of benzene rings is 1. The molecule has 0 atom stereocenters. The van der Waals surface area contributed by atoms with Crippen LogP contribution >= 0.6 is 61.5 Å². The van der Waals surface area contributed by atoms with Gasteiger partial charge in [-0.2, -0.15) is 0 Å². The zero-order valence-corrected chi connectivity index (χ0v) is 14.4. The summed E-state index contributed by atoms with van der Waals surface area (Å²) in [6, 6.07) is 9.41. The number of rotatable bonds is 3. The van der Waals surface area contributed by atoms with Crippen LogP contribution in [0.25, 0.3) is 0 Å². The van der Waals surface area contributed by atoms with Crippen molar-refractivity contribution in [1.82, 2.24) is 5.32 Å². The van der Waals surface area contributed by atoms with Gasteiger partial charge in [0.2, 0.25) is 0 Å². The summed E-state index contributed by atoms with van der Waals surface area (Å²) < 4.78 is 2.56. The van der Waals surface area contributed by atoms with Gasteiger partial charge in [-0.25, -0.2) is 0 Å². The highest BCUT2D eigenvalue weighted by Crippen LogP contribution is 2.22. The third kappa shape index (κ3) is 3.69. The number of hydrogen-bond acceptors (Lipinski definition) is 2. The van der Waals surface area contributed by atoms with E-state index >= 15 is 0 Å². The minimum absolute atomic E-state index is 0.0927. The van der Waals surface area contributed by atoms with Gasteiger partial charge in [-0.1, -0.05) is 11.6 Å². The van der Waals surface area contributed by atoms with E-state index in [2.05, 4.69) is 43.8 Å². The topological polar surface area (TPSA) is 29.1 Å². The normalized spacial score (nSPS) is 10.4. The maximum Gasteiger partial charge on any atom is 0.252 e. The monoisotopic (exact) mass is 455 g/mol. The Labute approximate surface area is 136 Å². The number of hydrogen-bond donors (Lipinski definition) is 1. The van der Waals surface area contributed by atoms with Crippen LogP contribution in [-0.2, 0) is 6.54 Å². The Morgan fingerprint density at radius 2 is 2.17 bits per heavy atom. The van der Waals surface area contributed by atoms with E-state index in [9.17, 15) is 4.79 Å². The Hall–Kier alpha value is -0.110. The van der Waals surface area contributed by atoms with Gasteiger partial charge < -0.3 is 5.32 Å². The first kappa shape index (κ1) is 14.3. The third-order valence-electron chi connectivity index (χ3n) is 2.23. The van der Waals surface area contributed by atoms with E-state index in [1.165, 1.54) is 11.3 Å². The first-order valence-corrected chi connectivity index (χ1v) is 8.10. The van der Waals surface area contributed by atoms with Crippen LogP contribution in [0.5, 0.6) is 0 Å². The van der Waals surface area contributed by atoms with Gasteiger partial charge in [0.05, 0.1) is 16.4 Å². The van der Waals surface area contributed by atoms with Crippen molar-refractivity contribution in [2.45, 2.75) is 6.54 Å². The Balaban J connectivity index is 2.05. The van der Waals surface area contributed by atoms with Crippen molar-refractivity contribution in [2.75, 3.05) is 0 Å². The molecule has 6 heteroatoms. The smallest absolute Gasteiger partial charge is 0.252 e. The molecule has 0 saturated heterocycles. The van der Waals surface area contributed by atoms with Gasteiger partial charge in [0.15, 0.2) is 0 Å². The van der Waals surface area contributed by atoms with Crippen molar-refractivity contribution in [3.05, 3.63) is 53.2 Å². The number of carbonyl (C=O) groups excluding carboxylic acids is 1. The lowest BCUT2D eigenvalue weighted by Gasteiger charge is -2.06. The quantitative estimate of drug-likeness (QED) is 0.667. The summed E-state index contributed by atoms with van der Waals surface area (Å²) in [7, 11) is 0. The first-order valence-electron chi connectivity index (χ1n) is 5.04. The van der Waals surface area contributed by atoms with Crippen molar-refractivity contribution in [2.24, 2.45) is 0 Å². The summed E-state index contributed by atoms with van der Waals surface area (Å²) >= 11 is 12.9. The molecule has 1 aromatic carbocycles. The lowest BCUT2D eigenvalue weighted by Crippen LogP contribution is -2.22. The Morgan fingerprint density at radius 3 is 2.83 bits per heavy atom. The predicted molar refractivity (Wildman–Crippen MR) is 87.4 cm³/mol. The number of halogens is 3. The molecule has 0 unspecified atom stereocenters. The van der Waals surface area contributed by atoms with E-state index in [4.69, 9.17) is 11.6 Å². The zero-order chi connectivity index (χ0) is 13.1. The molecule has 0 spiro atoms. The SMILES string of the molecule is O=C(NCc1ccc(Cl)s1)c1cc(I)ccc1Br. The molecule has 2 aromatic rings. The fourth-order valence-electron chi connectivity index (χ4n) is 1.38. The minimum Gasteiger partial charge on any atom is -0.347 e. The van der Waals surface area contributed by atoms with Crippen LogP contribution in [0.1, 0.15) is 15.2 Å². The molecule has 0 saturated carbocycles. The fraction of sp³-hybridized carbons (Fsp3) is 0.0833. The fourth-order valence-corrected chi connectivity index (χ4v) is 3.33. The molecule has 0 aliphatic carbocycles. The molecule has 1 N–H and O–H groups in total. The van der Waals surface area contributed by atoms with Gasteiger partial charge in [0, 0.05) is 12.9 Å². The van der Waals surface area contributed by atoms with Crippen LogP contribution in [0.3, 0.4) is 0 Å². The van der Waals surface area contributed by atoms with E-state index in [0.717, 1.165) is 17.3 Å². The molecule has 1 amide bonds. The van der Waals surface area contributed by atoms with E-state index in [1.54, 1.807) is 0 Å². The highest BCUT2D eigenvalue weighted by Gasteiger charge is 2.10. The van der Waals surface area contributed by atoms with Gasteiger partial charge in [0.1, 0.15) is 0 Å². The van der Waals surface area contributed by atoms with E-state index < -0.39 is 0 Å². The molecule has 1 aromatic heterocycles. The van der Waals surface area contributed by atoms with Gasteiger partial charge in [-0.3, -0.25) is 4.79 Å². The number of carbonyl (C=O) groups is 1. The Kier molecular flexibility index (Phi) is 5.06. The summed E-state index contributed by atoms with van der Waals surface area (Å²) in [4.78, 5) is 13.1. The van der Waals surface area contributed by atoms with E-state index in [-0.39, 0.29) is 5.91 Å². The molecule has 0 radical (unpaired) electrons. The molecule has 0 aliphatic rings. The maximum absolute atomic E-state index is 12.0. The second-order valence-electron chi connectivity index (χ2n) is 3.51. The summed E-state index contributed by atoms with van der Waals surface area (Å²) in [5.74, 6) is -0.0927. The molecule has 1 heterocycles. The molecular weight excluding hydrogens is 448 g/mol. The zero-order valence-electron chi connectivity index (χ0n) is 9.04. The lowest BCUT2D eigenvalue weighted by molar-refractivity contribution is 0.0950. The van der Waals surface area contributed by atoms with Crippen molar-refractivity contribution >= 4 is 67.4 Å². The van der Waals surface area contributed by atoms with E-state index in [1.807, 2.05) is 30.3 Å². The first-order chi connectivity index (χ1) is 8.56. The minimum atomic E-state index is -0.0927. The van der Waals surface area contributed by atoms with Crippen LogP contribution in [-0.4, -0.2) is 5.91 Å². The second kappa shape index (κ2) is 6.36. The van der Waals surface area contributed by atoms with Gasteiger partial charge in [-0.05, 0) is 68.9 Å². The van der Waals surface area contributed by atoms with Crippen molar-refractivity contribution in [1.29, 1.82) is 0 Å². The van der Waals surface area contributed by atoms with Crippen molar-refractivity contribution in [3.63, 3.8) is 0 Å². The second-order valence-corrected chi connectivity index (χ2v) is 7.41. The predicted octanol–water partition coefficient (Wildman–Crippen LogP) is 4.70. The van der Waals surface area contributed by atoms with Crippen LogP contribution in [0, 0.1) is 3.57 Å². The average molecular weight is 457 g/mol. The Morgan fingerprint density at radius 1 is 1.39 bits per heavy atom. The van der Waals surface area contributed by atoms with Crippen LogP contribution in [0.15, 0.2) is 34.8 Å². The van der Waals surface area contributed by atoms with Gasteiger partial charge in [0.25, 0.3) is 5.91 Å². The molecule has 2 rings (SSSR count). The van der Waals surface area contributed by atoms with Crippen LogP contribution in [0.4, 0.5) is 0 Å². The average Bonchev–Trinajstić information content (AvgIpc) is 2.75. The summed E-state index contributed by atoms with van der Waals surface area (Å²) in [5.41, 5.74) is 0.643.